The van der Waals surface area contributed by atoms with Crippen molar-refractivity contribution in [2.24, 2.45) is 5.73 Å². The maximum atomic E-state index is 13.3. The normalized spacial score (nSPS) is 23.8. The van der Waals surface area contributed by atoms with E-state index in [2.05, 4.69) is 0 Å². The first kappa shape index (κ1) is 19.2. The summed E-state index contributed by atoms with van der Waals surface area (Å²) in [6.07, 6.45) is 4.49. The molecule has 1 amide bonds. The first-order valence-corrected chi connectivity index (χ1v) is 11.1. The van der Waals surface area contributed by atoms with E-state index >= 15 is 0 Å². The Balaban J connectivity index is 1.58. The van der Waals surface area contributed by atoms with Gasteiger partial charge in [-0.3, -0.25) is 4.79 Å². The molecule has 28 heavy (non-hydrogen) atoms. The number of rotatable bonds is 4. The predicted octanol–water partition coefficient (Wildman–Crippen LogP) is 2.05. The summed E-state index contributed by atoms with van der Waals surface area (Å²) in [7, 11) is -3.76. The summed E-state index contributed by atoms with van der Waals surface area (Å²) >= 11 is 0. The van der Waals surface area contributed by atoms with Crippen molar-refractivity contribution in [1.29, 1.82) is 0 Å². The maximum absolute atomic E-state index is 13.3. The molecule has 1 aromatic carbocycles. The van der Waals surface area contributed by atoms with Crippen LogP contribution in [0.15, 0.2) is 52.0 Å². The highest BCUT2D eigenvalue weighted by atomic mass is 32.2. The minimum absolute atomic E-state index is 0.0215. The molecule has 0 spiro atoms. The van der Waals surface area contributed by atoms with E-state index in [0.29, 0.717) is 31.8 Å². The average Bonchev–Trinajstić information content (AvgIpc) is 3.39. The molecule has 1 aromatic heterocycles. The summed E-state index contributed by atoms with van der Waals surface area (Å²) in [5.41, 5.74) is 6.73. The third-order valence-electron chi connectivity index (χ3n) is 5.54. The Bertz CT molecular complexity index is 925. The molecule has 4 rings (SSSR count). The lowest BCUT2D eigenvalue weighted by molar-refractivity contribution is -0.135. The van der Waals surface area contributed by atoms with Crippen LogP contribution in [-0.2, 0) is 14.8 Å². The maximum Gasteiger partial charge on any atom is 0.243 e. The third kappa shape index (κ3) is 3.59. The standard InChI is InChI=1S/C20H25N3O4S/c21-16-10-12-22(14-16)20(24)18-4-1-2-11-23(18)28(25,26)17-8-6-15(7-9-17)19-5-3-13-27-19/h3,5-9,13,16,18H,1-2,4,10-12,14,21H2/t16-,18+/m1/s1. The number of hydrogen-bond acceptors (Lipinski definition) is 5. The van der Waals surface area contributed by atoms with Gasteiger partial charge in [0.15, 0.2) is 0 Å². The lowest BCUT2D eigenvalue weighted by Crippen LogP contribution is -2.52. The number of nitrogens with zero attached hydrogens (tertiary/aromatic N) is 2. The van der Waals surface area contributed by atoms with Crippen molar-refractivity contribution < 1.29 is 17.6 Å². The van der Waals surface area contributed by atoms with Gasteiger partial charge < -0.3 is 15.1 Å². The van der Waals surface area contributed by atoms with Crippen LogP contribution >= 0.6 is 0 Å². The van der Waals surface area contributed by atoms with Crippen LogP contribution in [0, 0.1) is 0 Å². The van der Waals surface area contributed by atoms with Gasteiger partial charge in [0.1, 0.15) is 11.8 Å². The minimum atomic E-state index is -3.76. The fraction of sp³-hybridized carbons (Fsp3) is 0.450. The number of benzene rings is 1. The van der Waals surface area contributed by atoms with Crippen LogP contribution in [0.25, 0.3) is 11.3 Å². The van der Waals surface area contributed by atoms with Gasteiger partial charge in [-0.1, -0.05) is 6.42 Å². The summed E-state index contributed by atoms with van der Waals surface area (Å²) in [6, 6.07) is 9.56. The van der Waals surface area contributed by atoms with Crippen LogP contribution in [0.5, 0.6) is 0 Å². The van der Waals surface area contributed by atoms with E-state index in [0.717, 1.165) is 24.8 Å². The summed E-state index contributed by atoms with van der Waals surface area (Å²) < 4.78 is 33.3. The van der Waals surface area contributed by atoms with Crippen LogP contribution in [-0.4, -0.2) is 55.2 Å². The molecule has 0 bridgehead atoms. The van der Waals surface area contributed by atoms with E-state index in [-0.39, 0.29) is 16.8 Å². The van der Waals surface area contributed by atoms with Gasteiger partial charge in [-0.25, -0.2) is 8.42 Å². The molecule has 0 radical (unpaired) electrons. The summed E-state index contributed by atoms with van der Waals surface area (Å²) in [5.74, 6) is 0.559. The van der Waals surface area contributed by atoms with Crippen LogP contribution in [0.3, 0.4) is 0 Å². The number of furan rings is 1. The molecule has 2 aromatic rings. The predicted molar refractivity (Wildman–Crippen MR) is 105 cm³/mol. The molecule has 2 fully saturated rings. The average molecular weight is 404 g/mol. The SMILES string of the molecule is N[C@@H]1CCN(C(=O)[C@@H]2CCCCN2S(=O)(=O)c2ccc(-c3ccco3)cc2)C1. The van der Waals surface area contributed by atoms with E-state index in [1.165, 1.54) is 4.31 Å². The topological polar surface area (TPSA) is 96.9 Å². The highest BCUT2D eigenvalue weighted by Crippen LogP contribution is 2.29. The largest absolute Gasteiger partial charge is 0.464 e. The second kappa shape index (κ2) is 7.69. The van der Waals surface area contributed by atoms with Gasteiger partial charge in [0.25, 0.3) is 0 Å². The first-order valence-electron chi connectivity index (χ1n) is 9.67. The van der Waals surface area contributed by atoms with Crippen molar-refractivity contribution in [2.45, 2.75) is 42.7 Å². The highest BCUT2D eigenvalue weighted by Gasteiger charge is 2.40. The molecule has 2 N–H and O–H groups in total. The number of nitrogens with two attached hydrogens (primary N) is 1. The first-order chi connectivity index (χ1) is 13.5. The second-order valence-electron chi connectivity index (χ2n) is 7.46. The Hall–Kier alpha value is -2.16. The Labute approximate surface area is 165 Å². The molecule has 3 heterocycles. The zero-order valence-electron chi connectivity index (χ0n) is 15.7. The third-order valence-corrected chi connectivity index (χ3v) is 7.46. The van der Waals surface area contributed by atoms with Crippen molar-refractivity contribution in [3.63, 3.8) is 0 Å². The molecule has 0 saturated carbocycles. The number of amides is 1. The lowest BCUT2D eigenvalue weighted by Gasteiger charge is -2.35. The lowest BCUT2D eigenvalue weighted by atomic mass is 10.0. The zero-order valence-corrected chi connectivity index (χ0v) is 16.5. The number of carbonyl (C=O) groups is 1. The molecule has 2 saturated heterocycles. The molecule has 2 atom stereocenters. The highest BCUT2D eigenvalue weighted by molar-refractivity contribution is 7.89. The van der Waals surface area contributed by atoms with Crippen LogP contribution in [0.4, 0.5) is 0 Å². The quantitative estimate of drug-likeness (QED) is 0.843. The van der Waals surface area contributed by atoms with Crippen molar-refractivity contribution >= 4 is 15.9 Å². The molecule has 2 aliphatic rings. The molecular formula is C20H25N3O4S. The van der Waals surface area contributed by atoms with Gasteiger partial charge in [-0.2, -0.15) is 4.31 Å². The van der Waals surface area contributed by atoms with Crippen molar-refractivity contribution in [2.75, 3.05) is 19.6 Å². The van der Waals surface area contributed by atoms with Gasteiger partial charge in [-0.15, -0.1) is 0 Å². The zero-order chi connectivity index (χ0) is 19.7. The summed E-state index contributed by atoms with van der Waals surface area (Å²) in [6.45, 7) is 1.46. The number of carbonyl (C=O) groups excluding carboxylic acids is 1. The van der Waals surface area contributed by atoms with Crippen molar-refractivity contribution in [3.8, 4) is 11.3 Å². The Morgan fingerprint density at radius 3 is 2.50 bits per heavy atom. The van der Waals surface area contributed by atoms with Gasteiger partial charge in [-0.05, 0) is 55.7 Å². The smallest absolute Gasteiger partial charge is 0.243 e. The second-order valence-corrected chi connectivity index (χ2v) is 9.35. The van der Waals surface area contributed by atoms with Crippen LogP contribution in [0.2, 0.25) is 0 Å². The van der Waals surface area contributed by atoms with E-state index in [9.17, 15) is 13.2 Å². The van der Waals surface area contributed by atoms with Gasteiger partial charge in [0.2, 0.25) is 15.9 Å². The minimum Gasteiger partial charge on any atom is -0.464 e. The number of sulfonamides is 1. The van der Waals surface area contributed by atoms with Crippen LogP contribution in [0.1, 0.15) is 25.7 Å². The summed E-state index contributed by atoms with van der Waals surface area (Å²) in [4.78, 5) is 14.9. The number of likely N-dealkylation sites (tertiary alicyclic amines) is 1. The molecule has 2 aliphatic heterocycles. The van der Waals surface area contributed by atoms with E-state index < -0.39 is 16.1 Å². The van der Waals surface area contributed by atoms with Crippen LogP contribution < -0.4 is 5.73 Å². The van der Waals surface area contributed by atoms with Crippen molar-refractivity contribution in [3.05, 3.63) is 42.7 Å². The molecule has 8 heteroatoms. The molecule has 150 valence electrons. The van der Waals surface area contributed by atoms with Gasteiger partial charge in [0, 0.05) is 31.2 Å². The van der Waals surface area contributed by atoms with E-state index in [1.54, 1.807) is 41.5 Å². The molecule has 7 nitrogen and oxygen atoms in total. The Morgan fingerprint density at radius 2 is 1.86 bits per heavy atom. The summed E-state index contributed by atoms with van der Waals surface area (Å²) in [5, 5.41) is 0. The van der Waals surface area contributed by atoms with Gasteiger partial charge in [0.05, 0.1) is 11.2 Å². The van der Waals surface area contributed by atoms with Crippen molar-refractivity contribution in [1.82, 2.24) is 9.21 Å². The number of hydrogen-bond donors (Lipinski definition) is 1. The molecule has 0 unspecified atom stereocenters. The van der Waals surface area contributed by atoms with E-state index in [1.807, 2.05) is 6.07 Å². The fourth-order valence-corrected chi connectivity index (χ4v) is 5.66. The molecular weight excluding hydrogens is 378 g/mol. The fourth-order valence-electron chi connectivity index (χ4n) is 4.01. The monoisotopic (exact) mass is 403 g/mol. The van der Waals surface area contributed by atoms with E-state index in [4.69, 9.17) is 10.2 Å². The Morgan fingerprint density at radius 1 is 1.07 bits per heavy atom. The molecule has 0 aliphatic carbocycles. The van der Waals surface area contributed by atoms with Gasteiger partial charge >= 0.3 is 0 Å². The Kier molecular flexibility index (Phi) is 5.27. The number of piperidine rings is 1.